The van der Waals surface area contributed by atoms with Crippen LogP contribution in [-0.2, 0) is 6.54 Å². The van der Waals surface area contributed by atoms with Crippen molar-refractivity contribution in [1.29, 1.82) is 0 Å². The molecule has 5 heteroatoms. The zero-order chi connectivity index (χ0) is 17.9. The lowest BCUT2D eigenvalue weighted by molar-refractivity contribution is 0.0241. The van der Waals surface area contributed by atoms with Crippen LogP contribution in [0.3, 0.4) is 0 Å². The highest BCUT2D eigenvalue weighted by Gasteiger charge is 2.36. The molecule has 1 atom stereocenters. The van der Waals surface area contributed by atoms with Crippen LogP contribution in [0.2, 0.25) is 0 Å². The summed E-state index contributed by atoms with van der Waals surface area (Å²) in [5.41, 5.74) is 1.97. The largest absolute Gasteiger partial charge is 0.393 e. The molecular weight excluding hydrogens is 344 g/mol. The maximum Gasteiger partial charge on any atom is 0.251 e. The molecule has 1 amide bonds. The third-order valence-corrected chi connectivity index (χ3v) is 6.53. The second-order valence-corrected chi connectivity index (χ2v) is 8.51. The lowest BCUT2D eigenvalue weighted by Crippen LogP contribution is -2.41. The number of benzene rings is 1. The molecule has 1 saturated heterocycles. The minimum atomic E-state index is -0.218. The summed E-state index contributed by atoms with van der Waals surface area (Å²) in [5.74, 6) is 0.291. The topological polar surface area (TPSA) is 52.6 Å². The van der Waals surface area contributed by atoms with Crippen molar-refractivity contribution < 1.29 is 9.90 Å². The number of nitrogens with one attached hydrogen (secondary N) is 1. The fraction of sp³-hybridized carbons (Fsp3) is 0.476. The molecule has 1 aromatic carbocycles. The van der Waals surface area contributed by atoms with Crippen molar-refractivity contribution in [2.24, 2.45) is 5.92 Å². The molecule has 1 aromatic heterocycles. The first kappa shape index (κ1) is 17.7. The summed E-state index contributed by atoms with van der Waals surface area (Å²) >= 11 is 1.67. The van der Waals surface area contributed by atoms with E-state index >= 15 is 0 Å². The first-order valence-electron chi connectivity index (χ1n) is 9.52. The normalized spacial score (nSPS) is 24.2. The number of carbonyl (C=O) groups is 1. The first-order valence-corrected chi connectivity index (χ1v) is 10.4. The van der Waals surface area contributed by atoms with Gasteiger partial charge in [0.25, 0.3) is 5.91 Å². The number of hydrogen-bond donors (Lipinski definition) is 2. The van der Waals surface area contributed by atoms with E-state index < -0.39 is 0 Å². The Morgan fingerprint density at radius 2 is 1.92 bits per heavy atom. The number of nitrogens with zero attached hydrogens (tertiary/aromatic N) is 1. The Bertz CT molecular complexity index is 717. The fourth-order valence-corrected chi connectivity index (χ4v) is 4.85. The van der Waals surface area contributed by atoms with Crippen LogP contribution in [-0.4, -0.2) is 35.1 Å². The van der Waals surface area contributed by atoms with Crippen molar-refractivity contribution in [3.05, 3.63) is 57.8 Å². The van der Waals surface area contributed by atoms with Gasteiger partial charge in [-0.05, 0) is 73.8 Å². The molecule has 4 rings (SSSR count). The molecule has 4 nitrogen and oxygen atoms in total. The van der Waals surface area contributed by atoms with E-state index in [0.29, 0.717) is 11.5 Å². The first-order chi connectivity index (χ1) is 12.7. The number of rotatable bonds is 6. The zero-order valence-electron chi connectivity index (χ0n) is 14.9. The Kier molecular flexibility index (Phi) is 5.38. The van der Waals surface area contributed by atoms with Gasteiger partial charge >= 0.3 is 0 Å². The summed E-state index contributed by atoms with van der Waals surface area (Å²) in [6.07, 6.45) is 3.89. The van der Waals surface area contributed by atoms with E-state index in [1.54, 1.807) is 11.3 Å². The van der Waals surface area contributed by atoms with E-state index in [4.69, 9.17) is 0 Å². The molecule has 138 valence electrons. The highest BCUT2D eigenvalue weighted by Crippen LogP contribution is 2.39. The predicted molar refractivity (Wildman–Crippen MR) is 104 cm³/mol. The Morgan fingerprint density at radius 3 is 2.54 bits per heavy atom. The molecule has 0 radical (unpaired) electrons. The molecule has 2 N–H and O–H groups in total. The minimum absolute atomic E-state index is 0.00447. The van der Waals surface area contributed by atoms with E-state index in [2.05, 4.69) is 28.4 Å². The summed E-state index contributed by atoms with van der Waals surface area (Å²) in [4.78, 5) is 16.4. The quantitative estimate of drug-likeness (QED) is 0.817. The number of likely N-dealkylation sites (tertiary alicyclic amines) is 1. The van der Waals surface area contributed by atoms with Gasteiger partial charge in [-0.1, -0.05) is 18.2 Å². The molecule has 1 saturated carbocycles. The van der Waals surface area contributed by atoms with Crippen LogP contribution < -0.4 is 5.32 Å². The van der Waals surface area contributed by atoms with Crippen molar-refractivity contribution >= 4 is 17.2 Å². The number of amides is 1. The summed E-state index contributed by atoms with van der Waals surface area (Å²) in [5, 5.41) is 14.9. The lowest BCUT2D eigenvalue weighted by Gasteiger charge is -2.37. The van der Waals surface area contributed by atoms with Gasteiger partial charge in [0, 0.05) is 17.0 Å². The Hall–Kier alpha value is -1.69. The van der Waals surface area contributed by atoms with E-state index in [0.717, 1.165) is 19.4 Å². The third kappa shape index (κ3) is 4.00. The molecule has 0 bridgehead atoms. The monoisotopic (exact) mass is 370 g/mol. The van der Waals surface area contributed by atoms with Crippen LogP contribution in [0.15, 0.2) is 41.8 Å². The third-order valence-electron chi connectivity index (χ3n) is 5.58. The minimum Gasteiger partial charge on any atom is -0.393 e. The second-order valence-electron chi connectivity index (χ2n) is 7.53. The predicted octanol–water partition coefficient (Wildman–Crippen LogP) is 3.59. The number of aliphatic hydroxyl groups excluding tert-OH is 1. The molecule has 26 heavy (non-hydrogen) atoms. The average molecular weight is 371 g/mol. The van der Waals surface area contributed by atoms with E-state index in [1.807, 2.05) is 23.6 Å². The molecule has 0 unspecified atom stereocenters. The van der Waals surface area contributed by atoms with Crippen molar-refractivity contribution in [3.8, 4) is 0 Å². The SMILES string of the molecule is O=C(N[C@H](c1cccs1)C1CC(O)C1)c1ccc(CN2CCCC2)cc1. The van der Waals surface area contributed by atoms with Gasteiger partial charge in [0.15, 0.2) is 0 Å². The van der Waals surface area contributed by atoms with Gasteiger partial charge in [-0.25, -0.2) is 0 Å². The van der Waals surface area contributed by atoms with Crippen LogP contribution in [0.25, 0.3) is 0 Å². The van der Waals surface area contributed by atoms with Crippen LogP contribution in [0, 0.1) is 5.92 Å². The number of hydrogen-bond acceptors (Lipinski definition) is 4. The Balaban J connectivity index is 1.41. The van der Waals surface area contributed by atoms with Gasteiger partial charge in [-0.2, -0.15) is 0 Å². The number of carbonyl (C=O) groups excluding carboxylic acids is 1. The molecule has 1 aliphatic carbocycles. The molecule has 2 heterocycles. The average Bonchev–Trinajstić information content (AvgIpc) is 3.31. The Morgan fingerprint density at radius 1 is 1.19 bits per heavy atom. The Labute approximate surface area is 158 Å². The summed E-state index contributed by atoms with van der Waals surface area (Å²) in [6, 6.07) is 12.1. The van der Waals surface area contributed by atoms with E-state index in [9.17, 15) is 9.90 Å². The molecule has 0 spiro atoms. The lowest BCUT2D eigenvalue weighted by atomic mass is 9.76. The fourth-order valence-electron chi connectivity index (χ4n) is 3.98. The number of aliphatic hydroxyl groups is 1. The van der Waals surface area contributed by atoms with Gasteiger partial charge in [-0.15, -0.1) is 11.3 Å². The molecule has 2 fully saturated rings. The second kappa shape index (κ2) is 7.91. The maximum atomic E-state index is 12.8. The van der Waals surface area contributed by atoms with Crippen LogP contribution >= 0.6 is 11.3 Å². The van der Waals surface area contributed by atoms with Crippen LogP contribution in [0.1, 0.15) is 52.5 Å². The van der Waals surface area contributed by atoms with Gasteiger partial charge in [0.1, 0.15) is 0 Å². The van der Waals surface area contributed by atoms with Gasteiger partial charge < -0.3 is 10.4 Å². The summed E-state index contributed by atoms with van der Waals surface area (Å²) in [7, 11) is 0. The molecule has 2 aliphatic rings. The van der Waals surface area contributed by atoms with Gasteiger partial charge in [-0.3, -0.25) is 9.69 Å². The number of thiophene rings is 1. The highest BCUT2D eigenvalue weighted by molar-refractivity contribution is 7.10. The van der Waals surface area contributed by atoms with Crippen molar-refractivity contribution in [2.45, 2.75) is 44.4 Å². The van der Waals surface area contributed by atoms with Crippen molar-refractivity contribution in [2.75, 3.05) is 13.1 Å². The van der Waals surface area contributed by atoms with Gasteiger partial charge in [0.05, 0.1) is 12.1 Å². The summed E-state index contributed by atoms with van der Waals surface area (Å²) < 4.78 is 0. The van der Waals surface area contributed by atoms with E-state index in [1.165, 1.54) is 36.4 Å². The molecule has 2 aromatic rings. The van der Waals surface area contributed by atoms with Crippen molar-refractivity contribution in [1.82, 2.24) is 10.2 Å². The molecular formula is C21H26N2O2S. The smallest absolute Gasteiger partial charge is 0.251 e. The van der Waals surface area contributed by atoms with E-state index in [-0.39, 0.29) is 18.1 Å². The highest BCUT2D eigenvalue weighted by atomic mass is 32.1. The van der Waals surface area contributed by atoms with Gasteiger partial charge in [0.2, 0.25) is 0 Å². The van der Waals surface area contributed by atoms with Crippen molar-refractivity contribution in [3.63, 3.8) is 0 Å². The van der Waals surface area contributed by atoms with Crippen LogP contribution in [0.4, 0.5) is 0 Å². The zero-order valence-corrected chi connectivity index (χ0v) is 15.8. The van der Waals surface area contributed by atoms with Crippen LogP contribution in [0.5, 0.6) is 0 Å². The molecule has 1 aliphatic heterocycles. The maximum absolute atomic E-state index is 12.8. The standard InChI is InChI=1S/C21H26N2O2S/c24-18-12-17(13-18)20(19-4-3-11-26-19)22-21(25)16-7-5-15(6-8-16)14-23-9-1-2-10-23/h3-8,11,17-18,20,24H,1-2,9-10,12-14H2,(H,22,25)/t17?,18?,20-/m0/s1. The summed E-state index contributed by atoms with van der Waals surface area (Å²) in [6.45, 7) is 3.33.